The summed E-state index contributed by atoms with van der Waals surface area (Å²) in [6.07, 6.45) is 2.82. The molecule has 1 aromatic rings. The van der Waals surface area contributed by atoms with Crippen LogP contribution in [0.2, 0.25) is 0 Å². The van der Waals surface area contributed by atoms with Gasteiger partial charge in [-0.3, -0.25) is 0 Å². The molecule has 0 atom stereocenters. The maximum atomic E-state index is 8.95. The monoisotopic (exact) mass is 179 g/mol. The summed E-state index contributed by atoms with van der Waals surface area (Å²) in [4.78, 5) is 4.24. The van der Waals surface area contributed by atoms with Gasteiger partial charge in [0.05, 0.1) is 0 Å². The highest BCUT2D eigenvalue weighted by atomic mass is 16.6. The molecule has 0 amide bonds. The lowest BCUT2D eigenvalue weighted by atomic mass is 9.77. The summed E-state index contributed by atoms with van der Waals surface area (Å²) in [5.74, 6) is 4.79. The van der Waals surface area contributed by atoms with Crippen molar-refractivity contribution < 1.29 is 14.9 Å². The Balaban J connectivity index is 2.97. The van der Waals surface area contributed by atoms with Crippen molar-refractivity contribution in [3.8, 4) is 0 Å². The summed E-state index contributed by atoms with van der Waals surface area (Å²) in [7, 11) is -1.49. The molecule has 68 valence electrons. The van der Waals surface area contributed by atoms with Crippen LogP contribution in [-0.2, 0) is 4.84 Å². The van der Waals surface area contributed by atoms with E-state index in [-0.39, 0.29) is 0 Å². The van der Waals surface area contributed by atoms with Crippen molar-refractivity contribution in [1.82, 2.24) is 0 Å². The van der Waals surface area contributed by atoms with Crippen LogP contribution >= 0.6 is 0 Å². The van der Waals surface area contributed by atoms with Gasteiger partial charge in [-0.15, -0.1) is 0 Å². The second kappa shape index (κ2) is 4.66. The predicted molar refractivity (Wildman–Crippen MR) is 50.6 cm³/mol. The van der Waals surface area contributed by atoms with E-state index in [9.17, 15) is 0 Å². The average molecular weight is 179 g/mol. The maximum absolute atomic E-state index is 8.95. The normalized spacial score (nSPS) is 10.4. The number of rotatable bonds is 3. The van der Waals surface area contributed by atoms with Crippen LogP contribution in [0.15, 0.2) is 30.5 Å². The first-order valence-electron chi connectivity index (χ1n) is 3.73. The van der Waals surface area contributed by atoms with Gasteiger partial charge in [0.15, 0.2) is 0 Å². The fourth-order valence-corrected chi connectivity index (χ4v) is 1.01. The molecule has 0 heterocycles. The summed E-state index contributed by atoms with van der Waals surface area (Å²) in [6.45, 7) is 0. The van der Waals surface area contributed by atoms with Crippen LogP contribution in [0.1, 0.15) is 5.56 Å². The van der Waals surface area contributed by atoms with E-state index in [4.69, 9.17) is 15.9 Å². The second-order valence-corrected chi connectivity index (χ2v) is 2.44. The van der Waals surface area contributed by atoms with Crippen LogP contribution < -0.4 is 11.4 Å². The Labute approximate surface area is 76.4 Å². The van der Waals surface area contributed by atoms with E-state index in [0.29, 0.717) is 11.0 Å². The molecule has 0 saturated heterocycles. The quantitative estimate of drug-likeness (QED) is 0.323. The summed E-state index contributed by atoms with van der Waals surface area (Å²) >= 11 is 0. The Hall–Kier alpha value is -1.30. The van der Waals surface area contributed by atoms with E-state index < -0.39 is 7.12 Å². The maximum Gasteiger partial charge on any atom is 0.489 e. The molecule has 4 nitrogen and oxygen atoms in total. The predicted octanol–water partition coefficient (Wildman–Crippen LogP) is -0.773. The fraction of sp³-hybridized carbons (Fsp3) is 0. The summed E-state index contributed by atoms with van der Waals surface area (Å²) in [5.41, 5.74) is 1.07. The minimum Gasteiger partial charge on any atom is -0.423 e. The first-order chi connectivity index (χ1) is 6.25. The largest absolute Gasteiger partial charge is 0.489 e. The van der Waals surface area contributed by atoms with Crippen molar-refractivity contribution in [3.63, 3.8) is 0 Å². The van der Waals surface area contributed by atoms with Gasteiger partial charge < -0.3 is 14.9 Å². The standard InChI is InChI=1S/C8H10BNO3/c10-13-6-5-7-3-1-2-4-8(7)9(11)12/h1-6,11-12H,10H2. The molecule has 0 aliphatic rings. The van der Waals surface area contributed by atoms with Gasteiger partial charge in [0.2, 0.25) is 0 Å². The molecule has 1 aromatic carbocycles. The first-order valence-corrected chi connectivity index (χ1v) is 3.73. The van der Waals surface area contributed by atoms with Crippen molar-refractivity contribution in [3.05, 3.63) is 36.1 Å². The van der Waals surface area contributed by atoms with Crippen molar-refractivity contribution in [1.29, 1.82) is 0 Å². The molecule has 0 fully saturated rings. The Morgan fingerprint density at radius 2 is 2.00 bits per heavy atom. The minimum atomic E-state index is -1.49. The van der Waals surface area contributed by atoms with E-state index in [2.05, 4.69) is 4.84 Å². The topological polar surface area (TPSA) is 75.7 Å². The van der Waals surface area contributed by atoms with Crippen LogP contribution in [0, 0.1) is 0 Å². The molecule has 1 rings (SSSR count). The molecular formula is C8H10BNO3. The molecule has 0 spiro atoms. The third-order valence-corrected chi connectivity index (χ3v) is 1.60. The van der Waals surface area contributed by atoms with Gasteiger partial charge in [-0.1, -0.05) is 24.3 Å². The van der Waals surface area contributed by atoms with Gasteiger partial charge in [0.1, 0.15) is 6.26 Å². The zero-order chi connectivity index (χ0) is 9.68. The lowest BCUT2D eigenvalue weighted by Crippen LogP contribution is -2.31. The summed E-state index contributed by atoms with van der Waals surface area (Å²) in [6, 6.07) is 6.84. The van der Waals surface area contributed by atoms with Crippen molar-refractivity contribution >= 4 is 18.7 Å². The van der Waals surface area contributed by atoms with Gasteiger partial charge in [-0.2, -0.15) is 5.90 Å². The highest BCUT2D eigenvalue weighted by Crippen LogP contribution is 1.99. The van der Waals surface area contributed by atoms with Crippen LogP contribution in [0.25, 0.3) is 6.08 Å². The van der Waals surface area contributed by atoms with Gasteiger partial charge in [0, 0.05) is 0 Å². The molecule has 0 radical (unpaired) electrons. The molecule has 4 N–H and O–H groups in total. The SMILES string of the molecule is NOC=Cc1ccccc1B(O)O. The number of nitrogens with two attached hydrogens (primary N) is 1. The molecule has 0 aromatic heterocycles. The highest BCUT2D eigenvalue weighted by molar-refractivity contribution is 6.59. The molecule has 13 heavy (non-hydrogen) atoms. The van der Waals surface area contributed by atoms with Gasteiger partial charge in [-0.25, -0.2) is 0 Å². The van der Waals surface area contributed by atoms with Crippen molar-refractivity contribution in [2.24, 2.45) is 5.90 Å². The molecule has 0 aliphatic carbocycles. The van der Waals surface area contributed by atoms with Crippen LogP contribution in [0.3, 0.4) is 0 Å². The Morgan fingerprint density at radius 1 is 1.31 bits per heavy atom. The summed E-state index contributed by atoms with van der Waals surface area (Å²) in [5, 5.41) is 17.9. The molecular weight excluding hydrogens is 169 g/mol. The van der Waals surface area contributed by atoms with E-state index in [1.807, 2.05) is 0 Å². The van der Waals surface area contributed by atoms with Gasteiger partial charge >= 0.3 is 7.12 Å². The molecule has 5 heteroatoms. The molecule has 0 aliphatic heterocycles. The van der Waals surface area contributed by atoms with Crippen LogP contribution in [-0.4, -0.2) is 17.2 Å². The average Bonchev–Trinajstić information content (AvgIpc) is 2.15. The van der Waals surface area contributed by atoms with E-state index >= 15 is 0 Å². The van der Waals surface area contributed by atoms with Gasteiger partial charge in [-0.05, 0) is 17.1 Å². The van der Waals surface area contributed by atoms with Crippen LogP contribution in [0.4, 0.5) is 0 Å². The molecule has 0 saturated carbocycles. The number of hydrogen-bond donors (Lipinski definition) is 3. The lowest BCUT2D eigenvalue weighted by molar-refractivity contribution is 0.264. The fourth-order valence-electron chi connectivity index (χ4n) is 1.01. The first kappa shape index (κ1) is 9.79. The Bertz CT molecular complexity index is 301. The van der Waals surface area contributed by atoms with E-state index in [1.54, 1.807) is 30.3 Å². The number of hydrogen-bond acceptors (Lipinski definition) is 4. The zero-order valence-electron chi connectivity index (χ0n) is 6.92. The Morgan fingerprint density at radius 3 is 2.62 bits per heavy atom. The van der Waals surface area contributed by atoms with Crippen molar-refractivity contribution in [2.45, 2.75) is 0 Å². The summed E-state index contributed by atoms with van der Waals surface area (Å²) < 4.78 is 0. The van der Waals surface area contributed by atoms with Gasteiger partial charge in [0.25, 0.3) is 0 Å². The van der Waals surface area contributed by atoms with E-state index in [0.717, 1.165) is 0 Å². The van der Waals surface area contributed by atoms with Crippen molar-refractivity contribution in [2.75, 3.05) is 0 Å². The van der Waals surface area contributed by atoms with E-state index in [1.165, 1.54) is 6.26 Å². The Kier molecular flexibility index (Phi) is 3.51. The smallest absolute Gasteiger partial charge is 0.423 e. The number of benzene rings is 1. The second-order valence-electron chi connectivity index (χ2n) is 2.44. The third kappa shape index (κ3) is 2.59. The highest BCUT2D eigenvalue weighted by Gasteiger charge is 2.13. The molecule has 0 unspecified atom stereocenters. The zero-order valence-corrected chi connectivity index (χ0v) is 6.92. The minimum absolute atomic E-state index is 0.413. The third-order valence-electron chi connectivity index (χ3n) is 1.60. The van der Waals surface area contributed by atoms with Crippen LogP contribution in [0.5, 0.6) is 0 Å². The lowest BCUT2D eigenvalue weighted by Gasteiger charge is -2.02. The molecule has 0 bridgehead atoms.